The van der Waals surface area contributed by atoms with Crippen molar-refractivity contribution in [3.63, 3.8) is 0 Å². The van der Waals surface area contributed by atoms with E-state index in [9.17, 15) is 4.79 Å². The van der Waals surface area contributed by atoms with E-state index in [4.69, 9.17) is 0 Å². The van der Waals surface area contributed by atoms with Crippen LogP contribution in [0.15, 0.2) is 0 Å². The summed E-state index contributed by atoms with van der Waals surface area (Å²) in [5.74, 6) is 2.63. The minimum Gasteiger partial charge on any atom is -0.343 e. The molecule has 2 heterocycles. The van der Waals surface area contributed by atoms with Crippen molar-refractivity contribution in [1.29, 1.82) is 0 Å². The van der Waals surface area contributed by atoms with Gasteiger partial charge in [-0.2, -0.15) is 0 Å². The van der Waals surface area contributed by atoms with Crippen molar-refractivity contribution < 1.29 is 4.79 Å². The minimum absolute atomic E-state index is 0.417. The van der Waals surface area contributed by atoms with Gasteiger partial charge in [-0.25, -0.2) is 0 Å². The highest BCUT2D eigenvalue weighted by atomic mass is 16.2. The van der Waals surface area contributed by atoms with E-state index in [1.807, 2.05) is 0 Å². The topological polar surface area (TPSA) is 23.6 Å². The Kier molecular flexibility index (Phi) is 6.09. The van der Waals surface area contributed by atoms with Gasteiger partial charge in [0.1, 0.15) is 0 Å². The van der Waals surface area contributed by atoms with E-state index in [0.29, 0.717) is 17.9 Å². The third-order valence-corrected chi connectivity index (χ3v) is 5.68. The van der Waals surface area contributed by atoms with Crippen LogP contribution in [0.5, 0.6) is 0 Å². The third-order valence-electron chi connectivity index (χ3n) is 5.68. The van der Waals surface area contributed by atoms with Gasteiger partial charge in [0.15, 0.2) is 0 Å². The van der Waals surface area contributed by atoms with Gasteiger partial charge in [-0.15, -0.1) is 0 Å². The lowest BCUT2D eigenvalue weighted by Crippen LogP contribution is -2.42. The van der Waals surface area contributed by atoms with E-state index in [-0.39, 0.29) is 0 Å². The molecule has 0 N–H and O–H groups in total. The molecule has 3 heteroatoms. The Bertz CT molecular complexity index is 324. The summed E-state index contributed by atoms with van der Waals surface area (Å²) in [6.07, 6.45) is 5.60. The molecule has 0 radical (unpaired) electrons. The first-order valence-corrected chi connectivity index (χ1v) is 8.99. The van der Waals surface area contributed by atoms with Crippen molar-refractivity contribution in [2.75, 3.05) is 26.2 Å². The minimum atomic E-state index is 0.417. The number of likely N-dealkylation sites (tertiary alicyclic amines) is 2. The van der Waals surface area contributed by atoms with Crippen LogP contribution in [-0.4, -0.2) is 47.9 Å². The molecule has 0 bridgehead atoms. The number of piperidine rings is 2. The quantitative estimate of drug-likeness (QED) is 0.793. The molecule has 122 valence electrons. The molecule has 2 aliphatic rings. The average Bonchev–Trinajstić information content (AvgIpc) is 2.47. The van der Waals surface area contributed by atoms with E-state index in [0.717, 1.165) is 31.3 Å². The van der Waals surface area contributed by atoms with Crippen LogP contribution >= 0.6 is 0 Å². The third kappa shape index (κ3) is 4.70. The van der Waals surface area contributed by atoms with Gasteiger partial charge in [0, 0.05) is 25.6 Å². The van der Waals surface area contributed by atoms with Gasteiger partial charge in [-0.05, 0) is 70.4 Å². The van der Waals surface area contributed by atoms with Crippen LogP contribution in [0.2, 0.25) is 0 Å². The number of nitrogens with zero attached hydrogens (tertiary/aromatic N) is 2. The van der Waals surface area contributed by atoms with Gasteiger partial charge in [0.25, 0.3) is 0 Å². The predicted octanol–water partition coefficient (Wildman–Crippen LogP) is 3.39. The highest BCUT2D eigenvalue weighted by molar-refractivity contribution is 5.76. The second kappa shape index (κ2) is 7.62. The molecular weight excluding hydrogens is 260 g/mol. The van der Waals surface area contributed by atoms with E-state index < -0.39 is 0 Å². The van der Waals surface area contributed by atoms with Crippen molar-refractivity contribution in [1.82, 2.24) is 9.80 Å². The van der Waals surface area contributed by atoms with Crippen molar-refractivity contribution in [2.45, 2.75) is 65.8 Å². The molecule has 3 nitrogen and oxygen atoms in total. The lowest BCUT2D eigenvalue weighted by molar-refractivity contribution is -0.134. The predicted molar refractivity (Wildman–Crippen MR) is 88.2 cm³/mol. The highest BCUT2D eigenvalue weighted by Gasteiger charge is 2.28. The first-order chi connectivity index (χ1) is 9.97. The first kappa shape index (κ1) is 16.8. The molecule has 0 aliphatic carbocycles. The largest absolute Gasteiger partial charge is 0.343 e. The Hall–Kier alpha value is -0.570. The molecule has 1 amide bonds. The van der Waals surface area contributed by atoms with Crippen molar-refractivity contribution in [3.8, 4) is 0 Å². The van der Waals surface area contributed by atoms with E-state index in [2.05, 4.69) is 37.5 Å². The summed E-state index contributed by atoms with van der Waals surface area (Å²) in [4.78, 5) is 17.1. The molecular formula is C18H34N2O. The highest BCUT2D eigenvalue weighted by Crippen LogP contribution is 2.27. The molecule has 0 aromatic rings. The van der Waals surface area contributed by atoms with Gasteiger partial charge < -0.3 is 9.80 Å². The molecule has 0 aromatic heterocycles. The smallest absolute Gasteiger partial charge is 0.222 e. The van der Waals surface area contributed by atoms with Crippen LogP contribution in [-0.2, 0) is 4.79 Å². The van der Waals surface area contributed by atoms with E-state index in [1.165, 1.54) is 38.8 Å². The first-order valence-electron chi connectivity index (χ1n) is 8.99. The van der Waals surface area contributed by atoms with Crippen LogP contribution in [0.4, 0.5) is 0 Å². The zero-order chi connectivity index (χ0) is 15.4. The Morgan fingerprint density at radius 3 is 2.00 bits per heavy atom. The molecule has 2 rings (SSSR count). The fourth-order valence-electron chi connectivity index (χ4n) is 3.87. The number of amides is 1. The Morgan fingerprint density at radius 2 is 1.52 bits per heavy atom. The van der Waals surface area contributed by atoms with Crippen LogP contribution in [0.1, 0.15) is 59.8 Å². The van der Waals surface area contributed by atoms with Gasteiger partial charge >= 0.3 is 0 Å². The molecule has 0 spiro atoms. The second-order valence-electron chi connectivity index (χ2n) is 7.74. The number of rotatable bonds is 4. The molecule has 0 aromatic carbocycles. The lowest BCUT2D eigenvalue weighted by Gasteiger charge is -2.37. The molecule has 21 heavy (non-hydrogen) atoms. The Balaban J connectivity index is 1.71. The Labute approximate surface area is 131 Å². The summed E-state index contributed by atoms with van der Waals surface area (Å²) >= 11 is 0. The van der Waals surface area contributed by atoms with Crippen molar-refractivity contribution >= 4 is 5.91 Å². The van der Waals surface area contributed by atoms with Gasteiger partial charge in [-0.3, -0.25) is 4.79 Å². The fraction of sp³-hybridized carbons (Fsp3) is 0.944. The fourth-order valence-corrected chi connectivity index (χ4v) is 3.87. The van der Waals surface area contributed by atoms with Crippen LogP contribution in [0.25, 0.3) is 0 Å². The standard InChI is InChI=1S/C18H34N2O/c1-14(2)17-7-11-20(12-8-17)18(21)13-16-5-9-19(10-6-16)15(3)4/h14-17H,5-13H2,1-4H3. The maximum atomic E-state index is 12.5. The summed E-state index contributed by atoms with van der Waals surface area (Å²) < 4.78 is 0. The van der Waals surface area contributed by atoms with Crippen molar-refractivity contribution in [2.24, 2.45) is 17.8 Å². The van der Waals surface area contributed by atoms with E-state index in [1.54, 1.807) is 0 Å². The molecule has 0 unspecified atom stereocenters. The normalized spacial score (nSPS) is 23.2. The van der Waals surface area contributed by atoms with E-state index >= 15 is 0 Å². The SMILES string of the molecule is CC(C)C1CCN(C(=O)CC2CCN(C(C)C)CC2)CC1. The van der Waals surface area contributed by atoms with Gasteiger partial charge in [-0.1, -0.05) is 13.8 Å². The summed E-state index contributed by atoms with van der Waals surface area (Å²) in [7, 11) is 0. The summed E-state index contributed by atoms with van der Waals surface area (Å²) in [5, 5.41) is 0. The van der Waals surface area contributed by atoms with Crippen LogP contribution in [0, 0.1) is 17.8 Å². The molecule has 0 atom stereocenters. The summed E-state index contributed by atoms with van der Waals surface area (Å²) in [5.41, 5.74) is 0. The molecule has 0 saturated carbocycles. The maximum Gasteiger partial charge on any atom is 0.222 e. The Morgan fingerprint density at radius 1 is 0.952 bits per heavy atom. The number of hydrogen-bond acceptors (Lipinski definition) is 2. The summed E-state index contributed by atoms with van der Waals surface area (Å²) in [6, 6.07) is 0.650. The number of hydrogen-bond donors (Lipinski definition) is 0. The lowest BCUT2D eigenvalue weighted by atomic mass is 9.86. The second-order valence-corrected chi connectivity index (χ2v) is 7.74. The summed E-state index contributed by atoms with van der Waals surface area (Å²) in [6.45, 7) is 13.5. The molecule has 2 saturated heterocycles. The average molecular weight is 294 g/mol. The van der Waals surface area contributed by atoms with Crippen LogP contribution < -0.4 is 0 Å². The molecule has 2 fully saturated rings. The van der Waals surface area contributed by atoms with Gasteiger partial charge in [0.05, 0.1) is 0 Å². The van der Waals surface area contributed by atoms with Gasteiger partial charge in [0.2, 0.25) is 5.91 Å². The monoisotopic (exact) mass is 294 g/mol. The number of carbonyl (C=O) groups is 1. The van der Waals surface area contributed by atoms with Crippen LogP contribution in [0.3, 0.4) is 0 Å². The zero-order valence-electron chi connectivity index (χ0n) is 14.5. The maximum absolute atomic E-state index is 12.5. The van der Waals surface area contributed by atoms with Crippen molar-refractivity contribution in [3.05, 3.63) is 0 Å². The number of carbonyl (C=O) groups excluding carboxylic acids is 1. The zero-order valence-corrected chi connectivity index (χ0v) is 14.5. The molecule has 2 aliphatic heterocycles.